The number of hydrogen-bond donors (Lipinski definition) is 2. The number of sulfonamides is 1. The van der Waals surface area contributed by atoms with Crippen molar-refractivity contribution >= 4 is 27.6 Å². The lowest BCUT2D eigenvalue weighted by Gasteiger charge is -2.15. The normalized spacial score (nSPS) is 13.1. The highest BCUT2D eigenvalue weighted by Crippen LogP contribution is 2.26. The molecule has 1 rings (SSSR count). The molecule has 0 spiro atoms. The number of carboxylic acids is 1. The van der Waals surface area contributed by atoms with Gasteiger partial charge in [0.05, 0.1) is 5.02 Å². The molecule has 1 aromatic carbocycles. The zero-order valence-electron chi connectivity index (χ0n) is 11.1. The van der Waals surface area contributed by atoms with Crippen molar-refractivity contribution in [2.24, 2.45) is 0 Å². The van der Waals surface area contributed by atoms with Gasteiger partial charge in [0.1, 0.15) is 10.9 Å². The summed E-state index contributed by atoms with van der Waals surface area (Å²) in [4.78, 5) is 9.93. The summed E-state index contributed by atoms with van der Waals surface area (Å²) in [7, 11) is -4.60. The molecule has 0 amide bonds. The smallest absolute Gasteiger partial charge is 0.321 e. The van der Waals surface area contributed by atoms with Gasteiger partial charge in [0.15, 0.2) is 11.6 Å². The van der Waals surface area contributed by atoms with E-state index in [0.717, 1.165) is 6.07 Å². The van der Waals surface area contributed by atoms with Gasteiger partial charge in [-0.2, -0.15) is 4.72 Å². The third-order valence-corrected chi connectivity index (χ3v) is 4.67. The predicted molar refractivity (Wildman–Crippen MR) is 72.6 cm³/mol. The van der Waals surface area contributed by atoms with Gasteiger partial charge in [0, 0.05) is 0 Å². The fraction of sp³-hybridized carbons (Fsp3) is 0.417. The number of benzene rings is 1. The first-order valence-electron chi connectivity index (χ1n) is 6.09. The largest absolute Gasteiger partial charge is 0.480 e. The number of halogens is 3. The number of rotatable bonds is 7. The molecule has 0 aromatic heterocycles. The van der Waals surface area contributed by atoms with E-state index in [1.807, 2.05) is 4.72 Å². The number of unbranched alkanes of at least 4 members (excludes halogenated alkanes) is 1. The van der Waals surface area contributed by atoms with E-state index in [9.17, 15) is 22.0 Å². The van der Waals surface area contributed by atoms with E-state index >= 15 is 0 Å². The Morgan fingerprint density at radius 2 is 2.05 bits per heavy atom. The molecule has 0 saturated carbocycles. The number of carbonyl (C=O) groups is 1. The molecule has 0 aliphatic rings. The molecule has 0 radical (unpaired) electrons. The number of carboxylic acid groups (broad SMARTS) is 1. The molecule has 0 unspecified atom stereocenters. The molecule has 9 heteroatoms. The molecule has 0 heterocycles. The van der Waals surface area contributed by atoms with Gasteiger partial charge in [0.2, 0.25) is 10.0 Å². The maximum atomic E-state index is 13.6. The van der Waals surface area contributed by atoms with Gasteiger partial charge in [-0.1, -0.05) is 31.4 Å². The van der Waals surface area contributed by atoms with Crippen LogP contribution in [-0.4, -0.2) is 25.5 Å². The van der Waals surface area contributed by atoms with Crippen molar-refractivity contribution in [1.82, 2.24) is 4.72 Å². The van der Waals surface area contributed by atoms with E-state index in [2.05, 4.69) is 0 Å². The van der Waals surface area contributed by atoms with Crippen LogP contribution in [0.1, 0.15) is 26.2 Å². The summed E-state index contributed by atoms with van der Waals surface area (Å²) in [6.45, 7) is 1.80. The molecule has 0 bridgehead atoms. The van der Waals surface area contributed by atoms with Crippen LogP contribution in [-0.2, 0) is 14.8 Å². The van der Waals surface area contributed by atoms with Crippen LogP contribution in [0.5, 0.6) is 0 Å². The maximum Gasteiger partial charge on any atom is 0.321 e. The molecule has 5 nitrogen and oxygen atoms in total. The Kier molecular flexibility index (Phi) is 6.06. The highest BCUT2D eigenvalue weighted by Gasteiger charge is 2.30. The van der Waals surface area contributed by atoms with Crippen LogP contribution >= 0.6 is 11.6 Å². The Balaban J connectivity index is 3.17. The fourth-order valence-corrected chi connectivity index (χ4v) is 3.46. The first-order chi connectivity index (χ1) is 9.70. The molecule has 1 aromatic rings. The lowest BCUT2D eigenvalue weighted by atomic mass is 10.1. The summed E-state index contributed by atoms with van der Waals surface area (Å²) < 4.78 is 52.7. The quantitative estimate of drug-likeness (QED) is 0.746. The standard InChI is InChI=1S/C12H14ClF2NO4S/c1-2-3-4-9(12(17)18)16-21(19,20)11-7(13)5-6-8(14)10(11)15/h5-6,9,16H,2-4H2,1H3,(H,17,18)/t9-/m0/s1. The fourth-order valence-electron chi connectivity index (χ4n) is 1.64. The number of hydrogen-bond acceptors (Lipinski definition) is 3. The summed E-state index contributed by atoms with van der Waals surface area (Å²) in [5, 5.41) is 8.45. The molecule has 0 fully saturated rings. The molecule has 0 aliphatic heterocycles. The van der Waals surface area contributed by atoms with E-state index < -0.39 is 43.6 Å². The van der Waals surface area contributed by atoms with Crippen LogP contribution in [0.4, 0.5) is 8.78 Å². The highest BCUT2D eigenvalue weighted by molar-refractivity contribution is 7.89. The van der Waals surface area contributed by atoms with E-state index in [1.54, 1.807) is 6.92 Å². The van der Waals surface area contributed by atoms with Crippen LogP contribution in [0.15, 0.2) is 17.0 Å². The first kappa shape index (κ1) is 17.8. The summed E-state index contributed by atoms with van der Waals surface area (Å²) in [6.07, 6.45) is 1.14. The Morgan fingerprint density at radius 1 is 1.43 bits per heavy atom. The Labute approximate surface area is 126 Å². The van der Waals surface area contributed by atoms with E-state index in [1.165, 1.54) is 0 Å². The van der Waals surface area contributed by atoms with Crippen molar-refractivity contribution in [3.8, 4) is 0 Å². The topological polar surface area (TPSA) is 83.5 Å². The molecule has 2 N–H and O–H groups in total. The Bertz CT molecular complexity index is 636. The SMILES string of the molecule is CCCC[C@H](NS(=O)(=O)c1c(Cl)ccc(F)c1F)C(=O)O. The number of nitrogens with one attached hydrogen (secondary N) is 1. The second kappa shape index (κ2) is 7.15. The van der Waals surface area contributed by atoms with Gasteiger partial charge in [0.25, 0.3) is 0 Å². The third kappa shape index (κ3) is 4.36. The third-order valence-electron chi connectivity index (χ3n) is 2.71. The molecular formula is C12H14ClF2NO4S. The minimum absolute atomic E-state index is 0.0274. The van der Waals surface area contributed by atoms with Crippen molar-refractivity contribution in [1.29, 1.82) is 0 Å². The maximum absolute atomic E-state index is 13.6. The summed E-state index contributed by atoms with van der Waals surface area (Å²) in [6, 6.07) is 0.132. The zero-order valence-corrected chi connectivity index (χ0v) is 12.6. The average molecular weight is 342 g/mol. The highest BCUT2D eigenvalue weighted by atomic mass is 35.5. The van der Waals surface area contributed by atoms with Gasteiger partial charge in [-0.3, -0.25) is 4.79 Å². The monoisotopic (exact) mass is 341 g/mol. The number of aliphatic carboxylic acids is 1. The van der Waals surface area contributed by atoms with Crippen LogP contribution in [0.25, 0.3) is 0 Å². The predicted octanol–water partition coefficient (Wildman–Crippen LogP) is 2.54. The molecule has 1 atom stereocenters. The Hall–Kier alpha value is -1.25. The van der Waals surface area contributed by atoms with Crippen molar-refractivity contribution in [3.63, 3.8) is 0 Å². The zero-order chi connectivity index (χ0) is 16.2. The molecule has 21 heavy (non-hydrogen) atoms. The van der Waals surface area contributed by atoms with Gasteiger partial charge in [-0.25, -0.2) is 17.2 Å². The first-order valence-corrected chi connectivity index (χ1v) is 7.95. The van der Waals surface area contributed by atoms with Crippen LogP contribution < -0.4 is 4.72 Å². The van der Waals surface area contributed by atoms with Gasteiger partial charge in [-0.15, -0.1) is 0 Å². The summed E-state index contributed by atoms with van der Waals surface area (Å²) in [5.41, 5.74) is 0. The van der Waals surface area contributed by atoms with E-state index in [0.29, 0.717) is 18.9 Å². The molecule has 0 aliphatic carbocycles. The van der Waals surface area contributed by atoms with E-state index in [-0.39, 0.29) is 6.42 Å². The van der Waals surface area contributed by atoms with Gasteiger partial charge in [-0.05, 0) is 18.6 Å². The van der Waals surface area contributed by atoms with Crippen molar-refractivity contribution in [2.45, 2.75) is 37.1 Å². The van der Waals surface area contributed by atoms with Crippen LogP contribution in [0, 0.1) is 11.6 Å². The van der Waals surface area contributed by atoms with Crippen molar-refractivity contribution in [3.05, 3.63) is 28.8 Å². The second-order valence-electron chi connectivity index (χ2n) is 4.33. The minimum Gasteiger partial charge on any atom is -0.480 e. The summed E-state index contributed by atoms with van der Waals surface area (Å²) >= 11 is 5.58. The Morgan fingerprint density at radius 3 is 2.57 bits per heavy atom. The lowest BCUT2D eigenvalue weighted by Crippen LogP contribution is -2.41. The average Bonchev–Trinajstić information content (AvgIpc) is 2.38. The van der Waals surface area contributed by atoms with Crippen molar-refractivity contribution < 1.29 is 27.1 Å². The van der Waals surface area contributed by atoms with Gasteiger partial charge < -0.3 is 5.11 Å². The van der Waals surface area contributed by atoms with Crippen molar-refractivity contribution in [2.75, 3.05) is 0 Å². The van der Waals surface area contributed by atoms with Crippen LogP contribution in [0.2, 0.25) is 5.02 Å². The molecule has 118 valence electrons. The molecule has 0 saturated heterocycles. The van der Waals surface area contributed by atoms with Gasteiger partial charge >= 0.3 is 5.97 Å². The minimum atomic E-state index is -4.60. The molecular weight excluding hydrogens is 328 g/mol. The van der Waals surface area contributed by atoms with Crippen LogP contribution in [0.3, 0.4) is 0 Å². The summed E-state index contributed by atoms with van der Waals surface area (Å²) in [5.74, 6) is -4.44. The van der Waals surface area contributed by atoms with E-state index in [4.69, 9.17) is 16.7 Å². The lowest BCUT2D eigenvalue weighted by molar-refractivity contribution is -0.139. The second-order valence-corrected chi connectivity index (χ2v) is 6.38.